The molecule has 0 radical (unpaired) electrons. The summed E-state index contributed by atoms with van der Waals surface area (Å²) in [5.74, 6) is 0. The highest BCUT2D eigenvalue weighted by Crippen LogP contribution is 2.18. The Kier molecular flexibility index (Phi) is 18.4. The number of unbranched alkanes of at least 4 members (excludes halogenated alkanes) is 9. The van der Waals surface area contributed by atoms with Crippen LogP contribution in [0.5, 0.6) is 0 Å². The van der Waals surface area contributed by atoms with Crippen LogP contribution in [0.3, 0.4) is 0 Å². The van der Waals surface area contributed by atoms with Crippen molar-refractivity contribution in [3.8, 4) is 0 Å². The van der Waals surface area contributed by atoms with Gasteiger partial charge in [0.1, 0.15) is 10.1 Å². The lowest BCUT2D eigenvalue weighted by Gasteiger charge is -2.37. The third-order valence-electron chi connectivity index (χ3n) is 6.02. The zero-order chi connectivity index (χ0) is 24.3. The smallest absolute Gasteiger partial charge is 0.154 e. The average Bonchev–Trinajstić information content (AvgIpc) is 2.77. The molecule has 0 unspecified atom stereocenters. The molecule has 0 fully saturated rings. The Balaban J connectivity index is 0.000000726. The van der Waals surface area contributed by atoms with E-state index in [2.05, 4.69) is 20.8 Å². The van der Waals surface area contributed by atoms with Gasteiger partial charge in [0.25, 0.3) is 0 Å². The van der Waals surface area contributed by atoms with Crippen LogP contribution >= 0.6 is 11.6 Å². The fourth-order valence-corrected chi connectivity index (χ4v) is 4.67. The maximum atomic E-state index is 10.4. The summed E-state index contributed by atoms with van der Waals surface area (Å²) in [4.78, 5) is -0.178. The van der Waals surface area contributed by atoms with Crippen LogP contribution in [-0.4, -0.2) is 43.1 Å². The molecule has 1 aromatic rings. The standard InChI is InChI=1S/C19H41ClN.C7H8O3S/c1-4-7-10-13-16-21(19-20,17-14-11-8-5-2)18-15-12-9-6-3;1-6-2-4-7(5-3-6)11(8,9)10/h4-19H2,1-3H3;2-5H,1H3,(H,8,9,10)/q+1;/p-1. The monoisotopic (exact) mass is 489 g/mol. The zero-order valence-corrected chi connectivity index (χ0v) is 22.7. The van der Waals surface area contributed by atoms with E-state index in [9.17, 15) is 13.0 Å². The van der Waals surface area contributed by atoms with E-state index in [0.717, 1.165) is 11.6 Å². The molecule has 0 aliphatic carbocycles. The second-order valence-electron chi connectivity index (χ2n) is 9.08. The Morgan fingerprint density at radius 1 is 0.719 bits per heavy atom. The number of alkyl halides is 1. The fraction of sp³-hybridized carbons (Fsp3) is 0.769. The molecule has 6 heteroatoms. The number of rotatable bonds is 17. The first-order valence-electron chi connectivity index (χ1n) is 12.7. The average molecular weight is 490 g/mol. The highest BCUT2D eigenvalue weighted by Gasteiger charge is 2.24. The van der Waals surface area contributed by atoms with Gasteiger partial charge in [0.15, 0.2) is 6.00 Å². The molecular formula is C26H48ClNO3S. The normalized spacial score (nSPS) is 11.8. The van der Waals surface area contributed by atoms with E-state index >= 15 is 0 Å². The lowest BCUT2D eigenvalue weighted by Crippen LogP contribution is -2.49. The Bertz CT molecular complexity index is 631. The molecule has 1 rings (SSSR count). The molecule has 0 atom stereocenters. The van der Waals surface area contributed by atoms with Gasteiger partial charge in [-0.05, 0) is 57.6 Å². The van der Waals surface area contributed by atoms with Gasteiger partial charge in [0, 0.05) is 0 Å². The quantitative estimate of drug-likeness (QED) is 0.0742. The zero-order valence-electron chi connectivity index (χ0n) is 21.1. The molecule has 0 aliphatic rings. The first kappa shape index (κ1) is 31.4. The van der Waals surface area contributed by atoms with Crippen LogP contribution in [0.2, 0.25) is 0 Å². The minimum absolute atomic E-state index is 0.178. The Morgan fingerprint density at radius 3 is 1.38 bits per heavy atom. The number of hydrogen-bond acceptors (Lipinski definition) is 3. The van der Waals surface area contributed by atoms with E-state index in [4.69, 9.17) is 11.6 Å². The lowest BCUT2D eigenvalue weighted by molar-refractivity contribution is -0.918. The third kappa shape index (κ3) is 15.3. The van der Waals surface area contributed by atoms with Gasteiger partial charge in [-0.2, -0.15) is 0 Å². The molecule has 0 saturated carbocycles. The molecule has 4 nitrogen and oxygen atoms in total. The van der Waals surface area contributed by atoms with Gasteiger partial charge >= 0.3 is 0 Å². The van der Waals surface area contributed by atoms with Crippen LogP contribution in [0.4, 0.5) is 0 Å². The van der Waals surface area contributed by atoms with E-state index in [1.165, 1.54) is 113 Å². The van der Waals surface area contributed by atoms with Gasteiger partial charge in [-0.3, -0.25) is 0 Å². The van der Waals surface area contributed by atoms with E-state index in [1.54, 1.807) is 12.1 Å². The predicted octanol–water partition coefficient (Wildman–Crippen LogP) is 7.64. The van der Waals surface area contributed by atoms with Crippen LogP contribution in [0.15, 0.2) is 29.2 Å². The van der Waals surface area contributed by atoms with Crippen molar-refractivity contribution in [2.75, 3.05) is 25.6 Å². The van der Waals surface area contributed by atoms with E-state index < -0.39 is 10.1 Å². The molecule has 0 N–H and O–H groups in total. The summed E-state index contributed by atoms with van der Waals surface area (Å²) in [6, 6.07) is 6.61. The fourth-order valence-electron chi connectivity index (χ4n) is 3.84. The second-order valence-corrected chi connectivity index (χ2v) is 10.7. The topological polar surface area (TPSA) is 57.2 Å². The summed E-state index contributed by atoms with van der Waals surface area (Å²) in [6.45, 7) is 12.6. The number of benzene rings is 1. The van der Waals surface area contributed by atoms with Crippen molar-refractivity contribution in [3.63, 3.8) is 0 Å². The van der Waals surface area contributed by atoms with Gasteiger partial charge < -0.3 is 9.04 Å². The Morgan fingerprint density at radius 2 is 1.09 bits per heavy atom. The second kappa shape index (κ2) is 18.8. The number of aryl methyl sites for hydroxylation is 1. The Labute approximate surface area is 204 Å². The predicted molar refractivity (Wildman–Crippen MR) is 137 cm³/mol. The largest absolute Gasteiger partial charge is 0.744 e. The van der Waals surface area contributed by atoms with Gasteiger partial charge in [0.2, 0.25) is 0 Å². The molecule has 32 heavy (non-hydrogen) atoms. The maximum Gasteiger partial charge on any atom is 0.154 e. The highest BCUT2D eigenvalue weighted by molar-refractivity contribution is 7.85. The van der Waals surface area contributed by atoms with Gasteiger partial charge in [-0.25, -0.2) is 8.42 Å². The van der Waals surface area contributed by atoms with Crippen molar-refractivity contribution in [1.29, 1.82) is 0 Å². The minimum Gasteiger partial charge on any atom is -0.744 e. The molecule has 0 aromatic heterocycles. The van der Waals surface area contributed by atoms with Crippen molar-refractivity contribution in [3.05, 3.63) is 29.8 Å². The molecule has 0 spiro atoms. The van der Waals surface area contributed by atoms with Crippen molar-refractivity contribution < 1.29 is 17.5 Å². The number of hydrogen-bond donors (Lipinski definition) is 0. The van der Waals surface area contributed by atoms with E-state index in [0.29, 0.717) is 0 Å². The SMILES string of the molecule is CCCCCC[N+](CCl)(CCCCCC)CCCCCC.Cc1ccc(S(=O)(=O)[O-])cc1. The van der Waals surface area contributed by atoms with Crippen LogP contribution in [0.1, 0.15) is 103 Å². The van der Waals surface area contributed by atoms with E-state index in [1.807, 2.05) is 6.92 Å². The van der Waals surface area contributed by atoms with Crippen LogP contribution in [0.25, 0.3) is 0 Å². The maximum absolute atomic E-state index is 10.4. The summed E-state index contributed by atoms with van der Waals surface area (Å²) in [5.41, 5.74) is 0.928. The number of quaternary nitrogens is 1. The molecule has 0 saturated heterocycles. The minimum atomic E-state index is -4.27. The van der Waals surface area contributed by atoms with Crippen molar-refractivity contribution in [1.82, 2.24) is 0 Å². The lowest BCUT2D eigenvalue weighted by atomic mass is 10.1. The van der Waals surface area contributed by atoms with Crippen LogP contribution in [-0.2, 0) is 10.1 Å². The first-order valence-corrected chi connectivity index (χ1v) is 14.6. The van der Waals surface area contributed by atoms with Crippen LogP contribution < -0.4 is 0 Å². The first-order chi connectivity index (χ1) is 15.2. The van der Waals surface area contributed by atoms with Gasteiger partial charge in [-0.1, -0.05) is 88.6 Å². The Hall–Kier alpha value is -0.620. The molecule has 0 bridgehead atoms. The summed E-state index contributed by atoms with van der Waals surface area (Å²) in [6.07, 6.45) is 16.4. The van der Waals surface area contributed by atoms with Gasteiger partial charge in [0.05, 0.1) is 24.5 Å². The van der Waals surface area contributed by atoms with Crippen molar-refractivity contribution >= 4 is 21.7 Å². The summed E-state index contributed by atoms with van der Waals surface area (Å²) < 4.78 is 32.3. The molecule has 0 aliphatic heterocycles. The molecule has 188 valence electrons. The third-order valence-corrected chi connectivity index (χ3v) is 7.38. The van der Waals surface area contributed by atoms with Crippen molar-refractivity contribution in [2.24, 2.45) is 0 Å². The number of nitrogens with zero attached hydrogens (tertiary/aromatic N) is 1. The van der Waals surface area contributed by atoms with Gasteiger partial charge in [-0.15, -0.1) is 0 Å². The molecular weight excluding hydrogens is 442 g/mol. The van der Waals surface area contributed by atoms with Crippen LogP contribution in [0, 0.1) is 6.92 Å². The summed E-state index contributed by atoms with van der Waals surface area (Å²) in [5, 5.41) is 0. The molecule has 1 aromatic carbocycles. The molecule has 0 heterocycles. The van der Waals surface area contributed by atoms with Crippen molar-refractivity contribution in [2.45, 2.75) is 110 Å². The highest BCUT2D eigenvalue weighted by atomic mass is 35.5. The molecule has 0 amide bonds. The van der Waals surface area contributed by atoms with E-state index in [-0.39, 0.29) is 4.90 Å². The summed E-state index contributed by atoms with van der Waals surface area (Å²) >= 11 is 6.43. The summed E-state index contributed by atoms with van der Waals surface area (Å²) in [7, 11) is -4.27. The number of halogens is 1.